The van der Waals surface area contributed by atoms with Gasteiger partial charge in [-0.15, -0.1) is 0 Å². The minimum absolute atomic E-state index is 0.0666. The number of hydrogen-bond donors (Lipinski definition) is 2. The average Bonchev–Trinajstić information content (AvgIpc) is 3.23. The van der Waals surface area contributed by atoms with Crippen molar-refractivity contribution in [3.63, 3.8) is 0 Å². The second-order valence-electron chi connectivity index (χ2n) is 9.67. The maximum atomic E-state index is 12.5. The van der Waals surface area contributed by atoms with Crippen LogP contribution in [0.4, 0.5) is 4.39 Å². The third-order valence-electron chi connectivity index (χ3n) is 6.22. The number of benzene rings is 2. The summed E-state index contributed by atoms with van der Waals surface area (Å²) >= 11 is 0. The molecule has 1 fully saturated rings. The third kappa shape index (κ3) is 7.62. The molecule has 35 heavy (non-hydrogen) atoms. The molecule has 1 aromatic heterocycles. The second kappa shape index (κ2) is 11.3. The van der Waals surface area contributed by atoms with E-state index >= 15 is 0 Å². The monoisotopic (exact) mass is 504 g/mol. The number of aryl methyl sites for hydroxylation is 1. The fraction of sp³-hybridized carbons (Fsp3) is 0.423. The number of aromatic nitrogens is 1. The Kier molecular flexibility index (Phi) is 8.69. The predicted molar refractivity (Wildman–Crippen MR) is 134 cm³/mol. The standard InChI is InChI=1S/C19H25FN2O2.C7H8O3S/c1-19(2)7-5-14(6-8-19)18-22-16-4-3-15(9-17(16)24-18)23-12-13(10-20)11-21;1-6-2-4-7(5-3-6)11(8,9)10/h3-4,9-10,14H,5-8,11-12,21H2,1-2H3;2-5H,1H3,(H,8,9,10)/b13-10+;. The minimum Gasteiger partial charge on any atom is -0.489 e. The summed E-state index contributed by atoms with van der Waals surface area (Å²) in [5.41, 5.74) is 8.77. The Balaban J connectivity index is 0.000000261. The van der Waals surface area contributed by atoms with E-state index in [9.17, 15) is 12.8 Å². The molecule has 7 nitrogen and oxygen atoms in total. The highest BCUT2D eigenvalue weighted by Gasteiger charge is 2.30. The van der Waals surface area contributed by atoms with Gasteiger partial charge >= 0.3 is 0 Å². The topological polar surface area (TPSA) is 116 Å². The predicted octanol–water partition coefficient (Wildman–Crippen LogP) is 5.94. The zero-order chi connectivity index (χ0) is 25.6. The van der Waals surface area contributed by atoms with Gasteiger partial charge in [-0.05, 0) is 62.3 Å². The van der Waals surface area contributed by atoms with Crippen molar-refractivity contribution in [2.24, 2.45) is 11.1 Å². The Morgan fingerprint density at radius 1 is 1.23 bits per heavy atom. The maximum absolute atomic E-state index is 12.5. The lowest BCUT2D eigenvalue weighted by molar-refractivity contribution is 0.210. The molecule has 0 aliphatic heterocycles. The molecular weight excluding hydrogens is 471 g/mol. The van der Waals surface area contributed by atoms with E-state index in [-0.39, 0.29) is 18.0 Å². The first-order chi connectivity index (χ1) is 16.5. The normalized spacial score (nSPS) is 16.6. The molecular formula is C26H33FN2O5S. The molecule has 1 saturated carbocycles. The number of hydrogen-bond acceptors (Lipinski definition) is 6. The van der Waals surface area contributed by atoms with Gasteiger partial charge in [-0.3, -0.25) is 4.55 Å². The van der Waals surface area contributed by atoms with E-state index in [2.05, 4.69) is 18.8 Å². The largest absolute Gasteiger partial charge is 0.489 e. The smallest absolute Gasteiger partial charge is 0.294 e. The van der Waals surface area contributed by atoms with E-state index in [0.717, 1.165) is 29.8 Å². The van der Waals surface area contributed by atoms with E-state index in [1.807, 2.05) is 25.1 Å². The Bertz CT molecular complexity index is 1260. The molecule has 0 saturated heterocycles. The third-order valence-corrected chi connectivity index (χ3v) is 7.09. The molecule has 9 heteroatoms. The number of nitrogens with two attached hydrogens (primary N) is 1. The van der Waals surface area contributed by atoms with E-state index < -0.39 is 10.1 Å². The van der Waals surface area contributed by atoms with Gasteiger partial charge in [-0.1, -0.05) is 31.5 Å². The van der Waals surface area contributed by atoms with Gasteiger partial charge in [0.05, 0.1) is 11.2 Å². The van der Waals surface area contributed by atoms with Crippen LogP contribution in [-0.2, 0) is 10.1 Å². The molecule has 0 unspecified atom stereocenters. The molecule has 2 aromatic carbocycles. The van der Waals surface area contributed by atoms with Crippen molar-refractivity contribution >= 4 is 21.2 Å². The highest BCUT2D eigenvalue weighted by atomic mass is 32.2. The van der Waals surface area contributed by atoms with Crippen LogP contribution in [0.1, 0.15) is 56.9 Å². The van der Waals surface area contributed by atoms with Gasteiger partial charge in [0, 0.05) is 24.1 Å². The first-order valence-electron chi connectivity index (χ1n) is 11.6. The number of nitrogens with zero attached hydrogens (tertiary/aromatic N) is 1. The fourth-order valence-corrected chi connectivity index (χ4v) is 4.33. The lowest BCUT2D eigenvalue weighted by Crippen LogP contribution is -2.20. The van der Waals surface area contributed by atoms with Gasteiger partial charge in [0.2, 0.25) is 0 Å². The molecule has 1 heterocycles. The number of halogens is 1. The average molecular weight is 505 g/mol. The summed E-state index contributed by atoms with van der Waals surface area (Å²) in [6, 6.07) is 11.5. The highest BCUT2D eigenvalue weighted by Crippen LogP contribution is 2.42. The summed E-state index contributed by atoms with van der Waals surface area (Å²) < 4.78 is 53.6. The summed E-state index contributed by atoms with van der Waals surface area (Å²) in [5.74, 6) is 1.85. The summed E-state index contributed by atoms with van der Waals surface area (Å²) in [4.78, 5) is 4.57. The molecule has 0 bridgehead atoms. The van der Waals surface area contributed by atoms with Gasteiger partial charge < -0.3 is 14.9 Å². The lowest BCUT2D eigenvalue weighted by atomic mass is 9.73. The van der Waals surface area contributed by atoms with Gasteiger partial charge in [0.15, 0.2) is 11.5 Å². The summed E-state index contributed by atoms with van der Waals surface area (Å²) in [6.45, 7) is 6.76. The second-order valence-corrected chi connectivity index (χ2v) is 11.1. The van der Waals surface area contributed by atoms with Crippen LogP contribution in [-0.4, -0.2) is 31.1 Å². The van der Waals surface area contributed by atoms with Crippen LogP contribution in [0.15, 0.2) is 63.7 Å². The van der Waals surface area contributed by atoms with E-state index in [1.165, 1.54) is 25.0 Å². The van der Waals surface area contributed by atoms with Crippen LogP contribution in [0.2, 0.25) is 0 Å². The maximum Gasteiger partial charge on any atom is 0.294 e. The SMILES string of the molecule is CC1(C)CCC(c2nc3ccc(OC/C(=C/F)CN)cc3o2)CC1.Cc1ccc(S(=O)(=O)O)cc1. The molecule has 190 valence electrons. The molecule has 3 aromatic rings. The van der Waals surface area contributed by atoms with Crippen LogP contribution in [0.3, 0.4) is 0 Å². The summed E-state index contributed by atoms with van der Waals surface area (Å²) in [5, 5.41) is 0. The molecule has 0 amide bonds. The zero-order valence-corrected chi connectivity index (χ0v) is 21.1. The van der Waals surface area contributed by atoms with Crippen LogP contribution < -0.4 is 10.5 Å². The molecule has 4 rings (SSSR count). The van der Waals surface area contributed by atoms with E-state index in [4.69, 9.17) is 19.4 Å². The molecule has 0 radical (unpaired) electrons. The molecule has 0 atom stereocenters. The first kappa shape index (κ1) is 26.8. The van der Waals surface area contributed by atoms with Gasteiger partial charge in [0.25, 0.3) is 10.1 Å². The van der Waals surface area contributed by atoms with Gasteiger partial charge in [-0.2, -0.15) is 8.42 Å². The van der Waals surface area contributed by atoms with Crippen LogP contribution in [0.25, 0.3) is 11.1 Å². The molecule has 0 spiro atoms. The van der Waals surface area contributed by atoms with Crippen molar-refractivity contribution in [2.75, 3.05) is 13.2 Å². The number of rotatable bonds is 6. The minimum atomic E-state index is -4.02. The van der Waals surface area contributed by atoms with Crippen molar-refractivity contribution in [2.45, 2.75) is 57.3 Å². The molecule has 1 aliphatic rings. The van der Waals surface area contributed by atoms with Crippen LogP contribution in [0, 0.1) is 12.3 Å². The molecule has 3 N–H and O–H groups in total. The number of ether oxygens (including phenoxy) is 1. The lowest BCUT2D eigenvalue weighted by Gasteiger charge is -2.32. The van der Waals surface area contributed by atoms with E-state index in [1.54, 1.807) is 12.1 Å². The highest BCUT2D eigenvalue weighted by molar-refractivity contribution is 7.85. The Labute approximate surface area is 205 Å². The Hall–Kier alpha value is -2.75. The van der Waals surface area contributed by atoms with Gasteiger partial charge in [-0.25, -0.2) is 9.37 Å². The van der Waals surface area contributed by atoms with Crippen LogP contribution >= 0.6 is 0 Å². The van der Waals surface area contributed by atoms with Crippen molar-refractivity contribution in [3.05, 3.63) is 65.8 Å². The Morgan fingerprint density at radius 2 is 1.89 bits per heavy atom. The van der Waals surface area contributed by atoms with Crippen molar-refractivity contribution in [3.8, 4) is 5.75 Å². The van der Waals surface area contributed by atoms with Crippen molar-refractivity contribution < 1.29 is 26.5 Å². The molecule has 1 aliphatic carbocycles. The summed E-state index contributed by atoms with van der Waals surface area (Å²) in [7, 11) is -4.02. The first-order valence-corrected chi connectivity index (χ1v) is 13.0. The Morgan fingerprint density at radius 3 is 2.46 bits per heavy atom. The summed E-state index contributed by atoms with van der Waals surface area (Å²) in [6.07, 6.45) is 5.12. The number of fused-ring (bicyclic) bond motifs is 1. The number of oxazole rings is 1. The van der Waals surface area contributed by atoms with Crippen molar-refractivity contribution in [1.82, 2.24) is 4.98 Å². The quantitative estimate of drug-likeness (QED) is 0.399. The van der Waals surface area contributed by atoms with Crippen LogP contribution in [0.5, 0.6) is 5.75 Å². The van der Waals surface area contributed by atoms with Crippen molar-refractivity contribution in [1.29, 1.82) is 0 Å². The van der Waals surface area contributed by atoms with E-state index in [0.29, 0.717) is 34.6 Å². The zero-order valence-electron chi connectivity index (χ0n) is 20.3. The fourth-order valence-electron chi connectivity index (χ4n) is 3.85. The van der Waals surface area contributed by atoms with Gasteiger partial charge in [0.1, 0.15) is 17.9 Å².